The molecule has 0 spiro atoms. The molecule has 0 aromatic rings. The van der Waals surface area contributed by atoms with Gasteiger partial charge in [-0.2, -0.15) is 0 Å². The molecule has 9 heavy (non-hydrogen) atoms. The van der Waals surface area contributed by atoms with Crippen molar-refractivity contribution in [1.82, 2.24) is 0 Å². The quantitative estimate of drug-likeness (QED) is 0.283. The molecule has 0 aromatic carbocycles. The van der Waals surface area contributed by atoms with E-state index in [-0.39, 0.29) is 49.2 Å². The van der Waals surface area contributed by atoms with Gasteiger partial charge in [-0.15, -0.1) is 11.6 Å². The fourth-order valence-corrected chi connectivity index (χ4v) is 0.533. The third kappa shape index (κ3) is 26.1. The molecule has 0 aliphatic heterocycles. The molecule has 0 nitrogen and oxygen atoms in total. The van der Waals surface area contributed by atoms with Crippen LogP contribution in [-0.4, -0.2) is 30.3 Å². The Morgan fingerprint density at radius 3 is 1.67 bits per heavy atom. The van der Waals surface area contributed by atoms with Gasteiger partial charge in [-0.05, 0) is 6.42 Å². The number of hydrogen-bond donors (Lipinski definition) is 0. The van der Waals surface area contributed by atoms with Gasteiger partial charge in [0.05, 0.1) is 0 Å². The van der Waals surface area contributed by atoms with Crippen molar-refractivity contribution >= 4 is 36.0 Å². The molecule has 0 fully saturated rings. The van der Waals surface area contributed by atoms with Crippen LogP contribution in [0.4, 0.5) is 0 Å². The van der Waals surface area contributed by atoms with Crippen molar-refractivity contribution in [3.63, 3.8) is 0 Å². The molecule has 0 unspecified atom stereocenters. The van der Waals surface area contributed by atoms with Crippen LogP contribution in [0.1, 0.15) is 26.2 Å². The minimum Gasteiger partial charge on any atom is -1.00 e. The number of alkyl halides is 1. The SMILES string of the molecule is CCCCCCl.[Cl-].[Cl-].[Sb+2]. The van der Waals surface area contributed by atoms with Crippen molar-refractivity contribution in [2.45, 2.75) is 26.2 Å². The number of hydrogen-bond acceptors (Lipinski definition) is 0. The van der Waals surface area contributed by atoms with Gasteiger partial charge in [-0.1, -0.05) is 19.8 Å². The van der Waals surface area contributed by atoms with Crippen molar-refractivity contribution in [2.24, 2.45) is 0 Å². The molecule has 0 saturated carbocycles. The van der Waals surface area contributed by atoms with E-state index in [0.29, 0.717) is 0 Å². The third-order valence-corrected chi connectivity index (χ3v) is 1.00. The minimum atomic E-state index is 0. The summed E-state index contributed by atoms with van der Waals surface area (Å²) in [5.41, 5.74) is 0. The average Bonchev–Trinajstić information content (AvgIpc) is 1.61. The van der Waals surface area contributed by atoms with Crippen molar-refractivity contribution < 1.29 is 24.8 Å². The summed E-state index contributed by atoms with van der Waals surface area (Å²) in [6, 6.07) is 0. The predicted octanol–water partition coefficient (Wildman–Crippen LogP) is -3.96. The first-order chi connectivity index (χ1) is 2.91. The van der Waals surface area contributed by atoms with Crippen LogP contribution in [0.15, 0.2) is 0 Å². The number of halogens is 3. The van der Waals surface area contributed by atoms with Gasteiger partial charge in [0.2, 0.25) is 0 Å². The van der Waals surface area contributed by atoms with Crippen LogP contribution in [0, 0.1) is 0 Å². The Kier molecular flexibility index (Phi) is 56.3. The maximum atomic E-state index is 5.38. The second-order valence-electron chi connectivity index (χ2n) is 1.40. The summed E-state index contributed by atoms with van der Waals surface area (Å²) in [4.78, 5) is 0. The van der Waals surface area contributed by atoms with Crippen LogP contribution < -0.4 is 24.8 Å². The van der Waals surface area contributed by atoms with Crippen LogP contribution in [0.25, 0.3) is 0 Å². The van der Waals surface area contributed by atoms with E-state index in [1.807, 2.05) is 0 Å². The molecule has 0 N–H and O–H groups in total. The first kappa shape index (κ1) is 22.4. The normalized spacial score (nSPS) is 6.00. The maximum Gasteiger partial charge on any atom is 2.00 e. The molecular weight excluding hydrogens is 288 g/mol. The Bertz CT molecular complexity index is 24.2. The second-order valence-corrected chi connectivity index (χ2v) is 1.77. The van der Waals surface area contributed by atoms with E-state index in [1.54, 1.807) is 0 Å². The van der Waals surface area contributed by atoms with Gasteiger partial charge < -0.3 is 24.8 Å². The van der Waals surface area contributed by atoms with E-state index >= 15 is 0 Å². The molecule has 0 atom stereocenters. The molecule has 0 rings (SSSR count). The number of unbranched alkanes of at least 4 members (excludes halogenated alkanes) is 2. The third-order valence-electron chi connectivity index (χ3n) is 0.737. The summed E-state index contributed by atoms with van der Waals surface area (Å²) in [5, 5.41) is 0. The summed E-state index contributed by atoms with van der Waals surface area (Å²) in [7, 11) is 0. The minimum absolute atomic E-state index is 0. The average molecular weight is 299 g/mol. The van der Waals surface area contributed by atoms with Gasteiger partial charge in [-0.3, -0.25) is 0 Å². The molecule has 4 heteroatoms. The zero-order valence-corrected chi connectivity index (χ0v) is 10.2. The Hall–Kier alpha value is 1.69. The monoisotopic (exact) mass is 297 g/mol. The van der Waals surface area contributed by atoms with E-state index in [4.69, 9.17) is 11.6 Å². The predicted molar refractivity (Wildman–Crippen MR) is 36.0 cm³/mol. The van der Waals surface area contributed by atoms with Crippen molar-refractivity contribution in [3.05, 3.63) is 0 Å². The topological polar surface area (TPSA) is 0 Å². The Morgan fingerprint density at radius 1 is 1.11 bits per heavy atom. The van der Waals surface area contributed by atoms with Crippen molar-refractivity contribution in [3.8, 4) is 0 Å². The van der Waals surface area contributed by atoms with Gasteiger partial charge >= 0.3 is 24.4 Å². The van der Waals surface area contributed by atoms with E-state index in [9.17, 15) is 0 Å². The van der Waals surface area contributed by atoms with Gasteiger partial charge in [0.15, 0.2) is 0 Å². The summed E-state index contributed by atoms with van der Waals surface area (Å²) >= 11 is 5.38. The van der Waals surface area contributed by atoms with Crippen LogP contribution in [0.5, 0.6) is 0 Å². The van der Waals surface area contributed by atoms with E-state index < -0.39 is 0 Å². The molecule has 0 saturated heterocycles. The fraction of sp³-hybridized carbons (Fsp3) is 1.00. The molecule has 57 valence electrons. The van der Waals surface area contributed by atoms with Crippen molar-refractivity contribution in [2.75, 3.05) is 5.88 Å². The molecule has 0 bridgehead atoms. The molecule has 0 amide bonds. The standard InChI is InChI=1S/C5H11Cl.2ClH.Sb/c1-2-3-4-5-6;;;/h2-5H2,1H3;2*1H;/q;;;+2/p-2. The summed E-state index contributed by atoms with van der Waals surface area (Å²) in [6.45, 7) is 2.17. The first-order valence-electron chi connectivity index (χ1n) is 2.47. The summed E-state index contributed by atoms with van der Waals surface area (Å²) in [5.74, 6) is 0.827. The zero-order valence-electron chi connectivity index (χ0n) is 5.41. The maximum absolute atomic E-state index is 5.38. The molecule has 0 heterocycles. The van der Waals surface area contributed by atoms with E-state index in [2.05, 4.69) is 6.92 Å². The Morgan fingerprint density at radius 2 is 1.56 bits per heavy atom. The largest absolute Gasteiger partial charge is 2.00 e. The Balaban J connectivity index is -0.0000000417. The zero-order chi connectivity index (χ0) is 4.83. The van der Waals surface area contributed by atoms with Crippen LogP contribution in [0.2, 0.25) is 0 Å². The molecule has 0 aliphatic carbocycles. The van der Waals surface area contributed by atoms with Gasteiger partial charge in [-0.25, -0.2) is 0 Å². The summed E-state index contributed by atoms with van der Waals surface area (Å²) in [6.07, 6.45) is 3.73. The first-order valence-corrected chi connectivity index (χ1v) is 3.01. The summed E-state index contributed by atoms with van der Waals surface area (Å²) < 4.78 is 0. The second kappa shape index (κ2) is 22.6. The number of rotatable bonds is 3. The van der Waals surface area contributed by atoms with E-state index in [0.717, 1.165) is 5.88 Å². The molecular formula is C5H11Cl3Sb. The van der Waals surface area contributed by atoms with E-state index in [1.165, 1.54) is 19.3 Å². The molecule has 3 radical (unpaired) electrons. The smallest absolute Gasteiger partial charge is 1.00 e. The van der Waals surface area contributed by atoms with Gasteiger partial charge in [0.1, 0.15) is 0 Å². The van der Waals surface area contributed by atoms with Crippen LogP contribution in [0.3, 0.4) is 0 Å². The van der Waals surface area contributed by atoms with Gasteiger partial charge in [0, 0.05) is 5.88 Å². The van der Waals surface area contributed by atoms with Crippen LogP contribution in [-0.2, 0) is 0 Å². The van der Waals surface area contributed by atoms with Gasteiger partial charge in [0.25, 0.3) is 0 Å². The van der Waals surface area contributed by atoms with Crippen molar-refractivity contribution in [1.29, 1.82) is 0 Å². The fourth-order valence-electron chi connectivity index (χ4n) is 0.344. The molecule has 0 aliphatic rings. The molecule has 0 aromatic heterocycles. The Labute approximate surface area is 92.4 Å². The van der Waals surface area contributed by atoms with Crippen LogP contribution >= 0.6 is 11.6 Å².